The maximum atomic E-state index is 6.03. The largest absolute Gasteiger partial charge is 0.367 e. The molecule has 0 amide bonds. The summed E-state index contributed by atoms with van der Waals surface area (Å²) in [6.07, 6.45) is 0. The van der Waals surface area contributed by atoms with Gasteiger partial charge in [0.05, 0.1) is 5.56 Å². The molecule has 0 unspecified atom stereocenters. The van der Waals surface area contributed by atoms with Crippen LogP contribution in [0.2, 0.25) is 0 Å². The van der Waals surface area contributed by atoms with Crippen LogP contribution in [0.3, 0.4) is 0 Å². The summed E-state index contributed by atoms with van der Waals surface area (Å²) in [5, 5.41) is 4.18. The average molecular weight is 343 g/mol. The molecule has 0 saturated carbocycles. The number of benzene rings is 2. The number of anilines is 1. The van der Waals surface area contributed by atoms with Gasteiger partial charge < -0.3 is 10.3 Å². The van der Waals surface area contributed by atoms with Crippen molar-refractivity contribution in [2.24, 2.45) is 0 Å². The minimum Gasteiger partial charge on any atom is -0.367 e. The van der Waals surface area contributed by atoms with Crippen molar-refractivity contribution in [1.82, 2.24) is 5.16 Å². The van der Waals surface area contributed by atoms with E-state index in [0.29, 0.717) is 5.88 Å². The van der Waals surface area contributed by atoms with E-state index in [0.717, 1.165) is 38.0 Å². The van der Waals surface area contributed by atoms with Gasteiger partial charge in [-0.25, -0.2) is 0 Å². The molecule has 0 aliphatic carbocycles. The van der Waals surface area contributed by atoms with Crippen LogP contribution in [0, 0.1) is 13.8 Å². The fraction of sp³-hybridized carbons (Fsp3) is 0.118. The fourth-order valence-electron chi connectivity index (χ4n) is 2.46. The number of aromatic nitrogens is 1. The van der Waals surface area contributed by atoms with Gasteiger partial charge >= 0.3 is 0 Å². The summed E-state index contributed by atoms with van der Waals surface area (Å²) in [6.45, 7) is 4.10. The number of hydrogen-bond donors (Lipinski definition) is 1. The Bertz CT molecular complexity index is 808. The molecule has 0 fully saturated rings. The molecule has 21 heavy (non-hydrogen) atoms. The highest BCUT2D eigenvalue weighted by Crippen LogP contribution is 2.39. The lowest BCUT2D eigenvalue weighted by Crippen LogP contribution is -1.92. The molecule has 4 heteroatoms. The van der Waals surface area contributed by atoms with Crippen molar-refractivity contribution in [3.63, 3.8) is 0 Å². The van der Waals surface area contributed by atoms with Crippen LogP contribution >= 0.6 is 15.9 Å². The first-order valence-corrected chi connectivity index (χ1v) is 7.45. The maximum Gasteiger partial charge on any atom is 0.230 e. The molecule has 2 aromatic carbocycles. The van der Waals surface area contributed by atoms with Crippen LogP contribution in [0.15, 0.2) is 51.5 Å². The summed E-state index contributed by atoms with van der Waals surface area (Å²) in [5.74, 6) is 0.346. The monoisotopic (exact) mass is 342 g/mol. The Hall–Kier alpha value is -2.07. The van der Waals surface area contributed by atoms with E-state index in [9.17, 15) is 0 Å². The molecule has 0 spiro atoms. The van der Waals surface area contributed by atoms with Crippen LogP contribution in [0.5, 0.6) is 0 Å². The summed E-state index contributed by atoms with van der Waals surface area (Å²) >= 11 is 3.56. The Kier molecular flexibility index (Phi) is 3.55. The SMILES string of the molecule is Cc1ccccc1-c1c(-c2cccc(Br)c2C)noc1N. The van der Waals surface area contributed by atoms with Crippen molar-refractivity contribution in [1.29, 1.82) is 0 Å². The predicted molar refractivity (Wildman–Crippen MR) is 89.0 cm³/mol. The summed E-state index contributed by atoms with van der Waals surface area (Å²) in [5.41, 5.74) is 12.0. The normalized spacial score (nSPS) is 10.8. The van der Waals surface area contributed by atoms with Crippen molar-refractivity contribution in [3.8, 4) is 22.4 Å². The van der Waals surface area contributed by atoms with Gasteiger partial charge in [-0.15, -0.1) is 0 Å². The van der Waals surface area contributed by atoms with Crippen LogP contribution in [-0.2, 0) is 0 Å². The third-order valence-corrected chi connectivity index (χ3v) is 4.51. The van der Waals surface area contributed by atoms with Crippen LogP contribution in [0.25, 0.3) is 22.4 Å². The second-order valence-electron chi connectivity index (χ2n) is 5.00. The van der Waals surface area contributed by atoms with Crippen LogP contribution in [0.1, 0.15) is 11.1 Å². The minimum atomic E-state index is 0.346. The van der Waals surface area contributed by atoms with Crippen molar-refractivity contribution < 1.29 is 4.52 Å². The van der Waals surface area contributed by atoms with Gasteiger partial charge in [-0.2, -0.15) is 0 Å². The first-order valence-electron chi connectivity index (χ1n) is 6.66. The molecule has 0 aliphatic rings. The molecule has 2 N–H and O–H groups in total. The Balaban J connectivity index is 2.28. The van der Waals surface area contributed by atoms with E-state index < -0.39 is 0 Å². The summed E-state index contributed by atoms with van der Waals surface area (Å²) in [4.78, 5) is 0. The highest BCUT2D eigenvalue weighted by Gasteiger charge is 2.20. The fourth-order valence-corrected chi connectivity index (χ4v) is 2.83. The van der Waals surface area contributed by atoms with Gasteiger partial charge in [-0.05, 0) is 36.6 Å². The quantitative estimate of drug-likeness (QED) is 0.715. The maximum absolute atomic E-state index is 6.03. The van der Waals surface area contributed by atoms with E-state index in [1.54, 1.807) is 0 Å². The van der Waals surface area contributed by atoms with Gasteiger partial charge in [0.25, 0.3) is 0 Å². The molecule has 0 saturated heterocycles. The van der Waals surface area contributed by atoms with Gasteiger partial charge in [0.1, 0.15) is 5.69 Å². The Morgan fingerprint density at radius 1 is 1.00 bits per heavy atom. The third kappa shape index (κ3) is 2.36. The van der Waals surface area contributed by atoms with Gasteiger partial charge in [-0.3, -0.25) is 0 Å². The topological polar surface area (TPSA) is 52.0 Å². The summed E-state index contributed by atoms with van der Waals surface area (Å²) in [7, 11) is 0. The molecule has 0 atom stereocenters. The molecule has 1 heterocycles. The number of aryl methyl sites for hydroxylation is 1. The van der Waals surface area contributed by atoms with Crippen LogP contribution < -0.4 is 5.73 Å². The third-order valence-electron chi connectivity index (χ3n) is 3.66. The molecule has 0 bridgehead atoms. The lowest BCUT2D eigenvalue weighted by molar-refractivity contribution is 0.439. The van der Waals surface area contributed by atoms with E-state index in [1.165, 1.54) is 0 Å². The summed E-state index contributed by atoms with van der Waals surface area (Å²) in [6, 6.07) is 14.1. The van der Waals surface area contributed by atoms with Crippen molar-refractivity contribution in [2.45, 2.75) is 13.8 Å². The van der Waals surface area contributed by atoms with E-state index >= 15 is 0 Å². The zero-order valence-corrected chi connectivity index (χ0v) is 13.4. The van der Waals surface area contributed by atoms with Gasteiger partial charge in [0.15, 0.2) is 0 Å². The number of nitrogens with zero attached hydrogens (tertiary/aromatic N) is 1. The van der Waals surface area contributed by atoms with Gasteiger partial charge in [0, 0.05) is 10.0 Å². The van der Waals surface area contributed by atoms with Crippen molar-refractivity contribution >= 4 is 21.8 Å². The first kappa shape index (κ1) is 13.9. The number of nitrogens with two attached hydrogens (primary N) is 1. The average Bonchev–Trinajstić information content (AvgIpc) is 2.84. The zero-order chi connectivity index (χ0) is 15.0. The Labute approximate surface area is 131 Å². The predicted octanol–water partition coefficient (Wildman–Crippen LogP) is 4.97. The lowest BCUT2D eigenvalue weighted by Gasteiger charge is -2.09. The number of nitrogen functional groups attached to an aromatic ring is 1. The highest BCUT2D eigenvalue weighted by molar-refractivity contribution is 9.10. The highest BCUT2D eigenvalue weighted by atomic mass is 79.9. The van der Waals surface area contributed by atoms with Crippen molar-refractivity contribution in [3.05, 3.63) is 58.1 Å². The van der Waals surface area contributed by atoms with E-state index in [1.807, 2.05) is 43.3 Å². The summed E-state index contributed by atoms with van der Waals surface area (Å²) < 4.78 is 6.31. The molecule has 3 rings (SSSR count). The number of rotatable bonds is 2. The Morgan fingerprint density at radius 2 is 1.71 bits per heavy atom. The van der Waals surface area contributed by atoms with E-state index in [4.69, 9.17) is 10.3 Å². The lowest BCUT2D eigenvalue weighted by atomic mass is 9.95. The molecule has 1 aromatic heterocycles. The van der Waals surface area contributed by atoms with Crippen LogP contribution in [0.4, 0.5) is 5.88 Å². The molecule has 0 aliphatic heterocycles. The second-order valence-corrected chi connectivity index (χ2v) is 5.85. The Morgan fingerprint density at radius 3 is 2.48 bits per heavy atom. The first-order chi connectivity index (χ1) is 10.1. The molecule has 0 radical (unpaired) electrons. The molecular formula is C17H15BrN2O. The number of halogens is 1. The smallest absolute Gasteiger partial charge is 0.230 e. The standard InChI is InChI=1S/C17H15BrN2O/c1-10-6-3-4-7-12(10)15-16(20-21-17(15)19)13-8-5-9-14(18)11(13)2/h3-9H,19H2,1-2H3. The second kappa shape index (κ2) is 5.37. The molecule has 3 nitrogen and oxygen atoms in total. The van der Waals surface area contributed by atoms with Gasteiger partial charge in [0.2, 0.25) is 5.88 Å². The molecular weight excluding hydrogens is 328 g/mol. The van der Waals surface area contributed by atoms with Gasteiger partial charge in [-0.1, -0.05) is 57.5 Å². The minimum absolute atomic E-state index is 0.346. The zero-order valence-electron chi connectivity index (χ0n) is 11.9. The van der Waals surface area contributed by atoms with Crippen LogP contribution in [-0.4, -0.2) is 5.16 Å². The van der Waals surface area contributed by atoms with Crippen molar-refractivity contribution in [2.75, 3.05) is 5.73 Å². The number of hydrogen-bond acceptors (Lipinski definition) is 3. The molecule has 3 aromatic rings. The molecule has 106 valence electrons. The van der Waals surface area contributed by atoms with E-state index in [-0.39, 0.29) is 0 Å². The van der Waals surface area contributed by atoms with E-state index in [2.05, 4.69) is 34.1 Å².